The van der Waals surface area contributed by atoms with Gasteiger partial charge >= 0.3 is 0 Å². The maximum absolute atomic E-state index is 5.42. The fourth-order valence-corrected chi connectivity index (χ4v) is 2.92. The van der Waals surface area contributed by atoms with Crippen molar-refractivity contribution in [1.29, 1.82) is 0 Å². The van der Waals surface area contributed by atoms with E-state index in [1.165, 1.54) is 11.1 Å². The van der Waals surface area contributed by atoms with Crippen LogP contribution in [0.3, 0.4) is 0 Å². The molecule has 1 aromatic carbocycles. The molecule has 0 atom stereocenters. The predicted octanol–water partition coefficient (Wildman–Crippen LogP) is 2.41. The number of ether oxygens (including phenoxy) is 2. The summed E-state index contributed by atoms with van der Waals surface area (Å²) in [6.45, 7) is 3.63. The van der Waals surface area contributed by atoms with E-state index < -0.39 is 0 Å². The summed E-state index contributed by atoms with van der Waals surface area (Å²) in [5, 5.41) is 3.09. The van der Waals surface area contributed by atoms with Gasteiger partial charge in [0.15, 0.2) is 11.5 Å². The molecule has 1 N–H and O–H groups in total. The van der Waals surface area contributed by atoms with E-state index in [-0.39, 0.29) is 0 Å². The summed E-state index contributed by atoms with van der Waals surface area (Å²) in [7, 11) is 5.20. The minimum absolute atomic E-state index is 0.767. The van der Waals surface area contributed by atoms with Gasteiger partial charge in [0.2, 0.25) is 0 Å². The molecular weight excluding hydrogens is 292 g/mol. The highest BCUT2D eigenvalue weighted by molar-refractivity contribution is 5.54. The van der Waals surface area contributed by atoms with Gasteiger partial charge in [0.1, 0.15) is 17.5 Å². The average molecular weight is 314 g/mol. The van der Waals surface area contributed by atoms with E-state index in [0.29, 0.717) is 0 Å². The number of hydrogen-bond donors (Lipinski definition) is 1. The number of aryl methyl sites for hydroxylation is 1. The third kappa shape index (κ3) is 3.02. The van der Waals surface area contributed by atoms with Crippen LogP contribution in [0, 0.1) is 6.92 Å². The molecule has 0 saturated carbocycles. The van der Waals surface area contributed by atoms with Gasteiger partial charge in [0.25, 0.3) is 0 Å². The molecule has 2 heterocycles. The van der Waals surface area contributed by atoms with Crippen LogP contribution < -0.4 is 19.7 Å². The first-order chi connectivity index (χ1) is 11.1. The molecule has 0 aliphatic carbocycles. The fourth-order valence-electron chi connectivity index (χ4n) is 2.92. The Bertz CT molecular complexity index is 718. The molecule has 3 rings (SSSR count). The predicted molar refractivity (Wildman–Crippen MR) is 90.6 cm³/mol. The zero-order chi connectivity index (χ0) is 16.4. The lowest BCUT2D eigenvalue weighted by atomic mass is 9.99. The molecule has 0 spiro atoms. The minimum Gasteiger partial charge on any atom is -0.493 e. The Morgan fingerprint density at radius 3 is 2.39 bits per heavy atom. The van der Waals surface area contributed by atoms with Crippen molar-refractivity contribution in [2.24, 2.45) is 0 Å². The molecule has 1 aromatic heterocycles. The Morgan fingerprint density at radius 1 is 1.04 bits per heavy atom. The van der Waals surface area contributed by atoms with Crippen molar-refractivity contribution >= 4 is 11.6 Å². The van der Waals surface area contributed by atoms with Gasteiger partial charge in [-0.3, -0.25) is 0 Å². The van der Waals surface area contributed by atoms with Crippen molar-refractivity contribution < 1.29 is 9.47 Å². The highest BCUT2D eigenvalue weighted by Gasteiger charge is 2.21. The van der Waals surface area contributed by atoms with Crippen molar-refractivity contribution in [1.82, 2.24) is 9.97 Å². The van der Waals surface area contributed by atoms with Crippen LogP contribution >= 0.6 is 0 Å². The molecule has 0 radical (unpaired) electrons. The number of anilines is 2. The van der Waals surface area contributed by atoms with Crippen molar-refractivity contribution in [3.8, 4) is 11.5 Å². The zero-order valence-electron chi connectivity index (χ0n) is 14.0. The Morgan fingerprint density at radius 2 is 1.74 bits per heavy atom. The largest absolute Gasteiger partial charge is 0.493 e. The van der Waals surface area contributed by atoms with E-state index in [4.69, 9.17) is 9.47 Å². The number of nitrogens with zero attached hydrogens (tertiary/aromatic N) is 3. The first-order valence-electron chi connectivity index (χ1n) is 7.66. The number of hydrogen-bond acceptors (Lipinski definition) is 6. The van der Waals surface area contributed by atoms with Crippen LogP contribution in [0.4, 0.5) is 11.6 Å². The molecule has 6 nitrogen and oxygen atoms in total. The second-order valence-corrected chi connectivity index (χ2v) is 5.56. The van der Waals surface area contributed by atoms with E-state index in [1.54, 1.807) is 14.2 Å². The van der Waals surface area contributed by atoms with Crippen molar-refractivity contribution in [3.05, 3.63) is 35.2 Å². The number of fused-ring (bicyclic) bond motifs is 1. The topological polar surface area (TPSA) is 59.5 Å². The summed E-state index contributed by atoms with van der Waals surface area (Å²) in [5.41, 5.74) is 2.55. The molecule has 23 heavy (non-hydrogen) atoms. The summed E-state index contributed by atoms with van der Waals surface area (Å²) in [6, 6.07) is 6.13. The Kier molecular flexibility index (Phi) is 4.23. The lowest BCUT2D eigenvalue weighted by Crippen LogP contribution is -2.31. The van der Waals surface area contributed by atoms with Gasteiger partial charge in [-0.25, -0.2) is 9.97 Å². The second-order valence-electron chi connectivity index (χ2n) is 5.56. The third-order valence-electron chi connectivity index (χ3n) is 4.12. The first kappa shape index (κ1) is 15.4. The Balaban J connectivity index is 1.92. The highest BCUT2D eigenvalue weighted by Crippen LogP contribution is 2.34. The SMILES string of the molecule is CNc1cc(N2CCc3cc(OC)c(OC)cc3C2)nc(C)n1. The van der Waals surface area contributed by atoms with Gasteiger partial charge in [-0.05, 0) is 36.6 Å². The highest BCUT2D eigenvalue weighted by atomic mass is 16.5. The number of aromatic nitrogens is 2. The van der Waals surface area contributed by atoms with Crippen molar-refractivity contribution in [2.45, 2.75) is 19.9 Å². The fraction of sp³-hybridized carbons (Fsp3) is 0.412. The second kappa shape index (κ2) is 6.32. The van der Waals surface area contributed by atoms with Gasteiger partial charge in [-0.2, -0.15) is 0 Å². The smallest absolute Gasteiger partial charge is 0.161 e. The van der Waals surface area contributed by atoms with Gasteiger partial charge in [-0.1, -0.05) is 0 Å². The van der Waals surface area contributed by atoms with Crippen molar-refractivity contribution in [3.63, 3.8) is 0 Å². The molecule has 1 aliphatic rings. The van der Waals surface area contributed by atoms with Crippen LogP contribution in [0.5, 0.6) is 11.5 Å². The van der Waals surface area contributed by atoms with Crippen LogP contribution in [0.25, 0.3) is 0 Å². The van der Waals surface area contributed by atoms with Gasteiger partial charge in [0, 0.05) is 26.2 Å². The average Bonchev–Trinajstić information content (AvgIpc) is 2.59. The number of methoxy groups -OCH3 is 2. The number of rotatable bonds is 4. The maximum Gasteiger partial charge on any atom is 0.161 e. The van der Waals surface area contributed by atoms with Gasteiger partial charge < -0.3 is 19.7 Å². The molecule has 122 valence electrons. The normalized spacial score (nSPS) is 13.5. The summed E-state index contributed by atoms with van der Waals surface area (Å²) >= 11 is 0. The van der Waals surface area contributed by atoms with Crippen LogP contribution in [-0.4, -0.2) is 37.8 Å². The molecule has 1 aliphatic heterocycles. The zero-order valence-corrected chi connectivity index (χ0v) is 14.0. The number of benzene rings is 1. The Hall–Kier alpha value is -2.50. The van der Waals surface area contributed by atoms with Gasteiger partial charge in [0.05, 0.1) is 14.2 Å². The van der Waals surface area contributed by atoms with E-state index in [2.05, 4.69) is 32.3 Å². The molecule has 0 amide bonds. The molecular formula is C17H22N4O2. The van der Waals surface area contributed by atoms with Crippen LogP contribution in [-0.2, 0) is 13.0 Å². The van der Waals surface area contributed by atoms with Crippen LogP contribution in [0.15, 0.2) is 18.2 Å². The van der Waals surface area contributed by atoms with E-state index >= 15 is 0 Å². The first-order valence-corrected chi connectivity index (χ1v) is 7.66. The quantitative estimate of drug-likeness (QED) is 0.935. The summed E-state index contributed by atoms with van der Waals surface area (Å²) in [4.78, 5) is 11.2. The van der Waals surface area contributed by atoms with Crippen molar-refractivity contribution in [2.75, 3.05) is 38.0 Å². The lowest BCUT2D eigenvalue weighted by molar-refractivity contribution is 0.353. The number of nitrogens with one attached hydrogen (secondary N) is 1. The van der Waals surface area contributed by atoms with E-state index in [1.807, 2.05) is 20.0 Å². The Labute approximate surface area is 136 Å². The standard InChI is InChI=1S/C17H22N4O2/c1-11-19-16(18-2)9-17(20-11)21-6-5-12-7-14(22-3)15(23-4)8-13(12)10-21/h7-9H,5-6,10H2,1-4H3,(H,18,19,20). The van der Waals surface area contributed by atoms with E-state index in [9.17, 15) is 0 Å². The molecule has 0 bridgehead atoms. The third-order valence-corrected chi connectivity index (χ3v) is 4.12. The lowest BCUT2D eigenvalue weighted by Gasteiger charge is -2.30. The summed E-state index contributed by atoms with van der Waals surface area (Å²) < 4.78 is 10.8. The summed E-state index contributed by atoms with van der Waals surface area (Å²) in [5.74, 6) is 4.11. The summed E-state index contributed by atoms with van der Waals surface area (Å²) in [6.07, 6.45) is 0.952. The monoisotopic (exact) mass is 314 g/mol. The van der Waals surface area contributed by atoms with E-state index in [0.717, 1.165) is 48.5 Å². The minimum atomic E-state index is 0.767. The van der Waals surface area contributed by atoms with Gasteiger partial charge in [-0.15, -0.1) is 0 Å². The molecule has 0 fully saturated rings. The molecule has 0 saturated heterocycles. The maximum atomic E-state index is 5.42. The molecule has 0 unspecified atom stereocenters. The van der Waals surface area contributed by atoms with Crippen LogP contribution in [0.2, 0.25) is 0 Å². The molecule has 6 heteroatoms. The molecule has 2 aromatic rings. The van der Waals surface area contributed by atoms with Crippen LogP contribution in [0.1, 0.15) is 17.0 Å².